The van der Waals surface area contributed by atoms with Crippen LogP contribution >= 0.6 is 35.4 Å². The average Bonchev–Trinajstić information content (AvgIpc) is 3.33. The summed E-state index contributed by atoms with van der Waals surface area (Å²) in [5.74, 6) is -0.179. The SMILES string of the molecule is O=C(NC(=S)Nc1ccc2oc(-c3ccc(Cl)c(Cl)c3)nc2c1)c1ccc(N2CCCCC2)c([N+](=O)[O-])c1. The molecule has 1 aliphatic heterocycles. The number of carbonyl (C=O) groups is 1. The molecule has 3 aromatic carbocycles. The fourth-order valence-corrected chi connectivity index (χ4v) is 4.82. The predicted octanol–water partition coefficient (Wildman–Crippen LogP) is 6.83. The minimum atomic E-state index is -0.555. The van der Waals surface area contributed by atoms with E-state index in [4.69, 9.17) is 39.8 Å². The molecule has 2 N–H and O–H groups in total. The van der Waals surface area contributed by atoms with E-state index in [0.29, 0.717) is 44.0 Å². The number of piperidine rings is 1. The van der Waals surface area contributed by atoms with Gasteiger partial charge in [0.25, 0.3) is 11.6 Å². The molecule has 12 heteroatoms. The summed E-state index contributed by atoms with van der Waals surface area (Å²) in [6.45, 7) is 1.51. The highest BCUT2D eigenvalue weighted by Crippen LogP contribution is 2.32. The van der Waals surface area contributed by atoms with Crippen LogP contribution in [0.15, 0.2) is 59.0 Å². The van der Waals surface area contributed by atoms with Gasteiger partial charge in [-0.25, -0.2) is 4.98 Å². The predicted molar refractivity (Wildman–Crippen MR) is 152 cm³/mol. The molecule has 0 spiro atoms. The Morgan fingerprint density at radius 2 is 1.82 bits per heavy atom. The number of aromatic nitrogens is 1. The number of hydrogen-bond acceptors (Lipinski definition) is 7. The van der Waals surface area contributed by atoms with Crippen molar-refractivity contribution in [2.45, 2.75) is 19.3 Å². The molecular formula is C26H21Cl2N5O4S. The lowest BCUT2D eigenvalue weighted by Crippen LogP contribution is -2.34. The third-order valence-electron chi connectivity index (χ3n) is 6.17. The highest BCUT2D eigenvalue weighted by molar-refractivity contribution is 7.80. The Morgan fingerprint density at radius 3 is 2.55 bits per heavy atom. The zero-order valence-corrected chi connectivity index (χ0v) is 22.2. The number of carbonyl (C=O) groups excluding carboxylic acids is 1. The maximum absolute atomic E-state index is 12.8. The van der Waals surface area contributed by atoms with Gasteiger partial charge in [-0.05, 0) is 80.0 Å². The van der Waals surface area contributed by atoms with Crippen molar-refractivity contribution >= 4 is 74.6 Å². The molecule has 0 unspecified atom stereocenters. The van der Waals surface area contributed by atoms with Crippen molar-refractivity contribution in [3.63, 3.8) is 0 Å². The first-order valence-corrected chi connectivity index (χ1v) is 13.0. The van der Waals surface area contributed by atoms with Crippen molar-refractivity contribution in [1.29, 1.82) is 0 Å². The summed E-state index contributed by atoms with van der Waals surface area (Å²) in [5, 5.41) is 18.1. The van der Waals surface area contributed by atoms with Gasteiger partial charge < -0.3 is 14.6 Å². The van der Waals surface area contributed by atoms with Crippen LogP contribution in [0.1, 0.15) is 29.6 Å². The third-order valence-corrected chi connectivity index (χ3v) is 7.11. The number of benzene rings is 3. The van der Waals surface area contributed by atoms with Gasteiger partial charge >= 0.3 is 0 Å². The van der Waals surface area contributed by atoms with Gasteiger partial charge in [0.2, 0.25) is 5.89 Å². The van der Waals surface area contributed by atoms with Gasteiger partial charge in [-0.15, -0.1) is 0 Å². The smallest absolute Gasteiger partial charge is 0.293 e. The van der Waals surface area contributed by atoms with Crippen LogP contribution in [0.5, 0.6) is 0 Å². The van der Waals surface area contributed by atoms with Gasteiger partial charge in [-0.3, -0.25) is 20.2 Å². The number of amides is 1. The van der Waals surface area contributed by atoms with Gasteiger partial charge in [-0.1, -0.05) is 23.2 Å². The van der Waals surface area contributed by atoms with Crippen LogP contribution in [-0.4, -0.2) is 34.0 Å². The summed E-state index contributed by atoms with van der Waals surface area (Å²) in [5.41, 5.74) is 2.92. The molecule has 1 fully saturated rings. The molecule has 1 aromatic heterocycles. The van der Waals surface area contributed by atoms with E-state index in [1.54, 1.807) is 48.5 Å². The molecule has 38 heavy (non-hydrogen) atoms. The summed E-state index contributed by atoms with van der Waals surface area (Å²) in [6, 6.07) is 14.7. The summed E-state index contributed by atoms with van der Waals surface area (Å²) >= 11 is 17.4. The third kappa shape index (κ3) is 5.57. The van der Waals surface area contributed by atoms with Crippen molar-refractivity contribution in [2.75, 3.05) is 23.3 Å². The monoisotopic (exact) mass is 569 g/mol. The van der Waals surface area contributed by atoms with Crippen molar-refractivity contribution in [1.82, 2.24) is 10.3 Å². The van der Waals surface area contributed by atoms with Gasteiger partial charge in [-0.2, -0.15) is 0 Å². The molecule has 2 heterocycles. The van der Waals surface area contributed by atoms with Crippen LogP contribution in [-0.2, 0) is 0 Å². The van der Waals surface area contributed by atoms with E-state index in [1.807, 2.05) is 4.90 Å². The van der Waals surface area contributed by atoms with Gasteiger partial charge in [0, 0.05) is 36.0 Å². The lowest BCUT2D eigenvalue weighted by atomic mass is 10.1. The lowest BCUT2D eigenvalue weighted by Gasteiger charge is -2.28. The second-order valence-electron chi connectivity index (χ2n) is 8.75. The van der Waals surface area contributed by atoms with Crippen LogP contribution < -0.4 is 15.5 Å². The highest BCUT2D eigenvalue weighted by atomic mass is 35.5. The Morgan fingerprint density at radius 1 is 1.03 bits per heavy atom. The molecule has 0 saturated carbocycles. The fraction of sp³-hybridized carbons (Fsp3) is 0.192. The molecule has 9 nitrogen and oxygen atoms in total. The average molecular weight is 570 g/mol. The molecule has 0 aliphatic carbocycles. The van der Waals surface area contributed by atoms with Gasteiger partial charge in [0.05, 0.1) is 15.0 Å². The Balaban J connectivity index is 1.28. The van der Waals surface area contributed by atoms with E-state index >= 15 is 0 Å². The van der Waals surface area contributed by atoms with Crippen LogP contribution in [0, 0.1) is 10.1 Å². The topological polar surface area (TPSA) is 114 Å². The summed E-state index contributed by atoms with van der Waals surface area (Å²) < 4.78 is 5.81. The molecular weight excluding hydrogens is 549 g/mol. The van der Waals surface area contributed by atoms with E-state index < -0.39 is 10.8 Å². The molecule has 1 amide bonds. The summed E-state index contributed by atoms with van der Waals surface area (Å²) in [6.07, 6.45) is 3.07. The van der Waals surface area contributed by atoms with E-state index in [9.17, 15) is 14.9 Å². The normalized spacial score (nSPS) is 13.4. The minimum absolute atomic E-state index is 0.0327. The maximum Gasteiger partial charge on any atom is 0.293 e. The van der Waals surface area contributed by atoms with Crippen LogP contribution in [0.3, 0.4) is 0 Å². The van der Waals surface area contributed by atoms with Crippen LogP contribution in [0.2, 0.25) is 10.0 Å². The minimum Gasteiger partial charge on any atom is -0.436 e. The molecule has 0 bridgehead atoms. The van der Waals surface area contributed by atoms with Crippen LogP contribution in [0.4, 0.5) is 17.1 Å². The van der Waals surface area contributed by atoms with Crippen molar-refractivity contribution in [3.8, 4) is 11.5 Å². The van der Waals surface area contributed by atoms with Crippen molar-refractivity contribution < 1.29 is 14.1 Å². The number of nitrogens with one attached hydrogen (secondary N) is 2. The second kappa shape index (κ2) is 10.9. The van der Waals surface area contributed by atoms with E-state index in [2.05, 4.69) is 15.6 Å². The largest absolute Gasteiger partial charge is 0.436 e. The van der Waals surface area contributed by atoms with E-state index in [0.717, 1.165) is 32.4 Å². The fourth-order valence-electron chi connectivity index (χ4n) is 4.31. The molecule has 194 valence electrons. The molecule has 0 atom stereocenters. The van der Waals surface area contributed by atoms with Crippen molar-refractivity contribution in [3.05, 3.63) is 80.3 Å². The van der Waals surface area contributed by atoms with E-state index in [1.165, 1.54) is 6.07 Å². The zero-order chi connectivity index (χ0) is 26.8. The number of rotatable bonds is 5. The first kappa shape index (κ1) is 25.9. The Kier molecular flexibility index (Phi) is 7.46. The summed E-state index contributed by atoms with van der Waals surface area (Å²) in [7, 11) is 0. The molecule has 5 rings (SSSR count). The number of thiocarbonyl (C=S) groups is 1. The quantitative estimate of drug-likeness (QED) is 0.153. The standard InChI is InChI=1S/C26H21Cl2N5O4S/c27-18-7-4-16(12-19(18)28)25-30-20-14-17(6-9-23(20)37-25)29-26(38)31-24(34)15-5-8-21(22(13-15)33(35)36)32-10-2-1-3-11-32/h4-9,12-14H,1-3,10-11H2,(H2,29,31,34,38). The number of nitrogens with zero attached hydrogens (tertiary/aromatic N) is 3. The Hall–Kier alpha value is -3.73. The molecule has 4 aromatic rings. The Labute approximate surface area is 232 Å². The zero-order valence-electron chi connectivity index (χ0n) is 19.9. The molecule has 0 radical (unpaired) electrons. The number of hydrogen-bond donors (Lipinski definition) is 2. The maximum atomic E-state index is 12.8. The van der Waals surface area contributed by atoms with Crippen LogP contribution in [0.25, 0.3) is 22.6 Å². The first-order valence-electron chi connectivity index (χ1n) is 11.8. The highest BCUT2D eigenvalue weighted by Gasteiger charge is 2.23. The molecule has 1 saturated heterocycles. The van der Waals surface area contributed by atoms with Crippen molar-refractivity contribution in [2.24, 2.45) is 0 Å². The first-order chi connectivity index (χ1) is 18.3. The second-order valence-corrected chi connectivity index (χ2v) is 9.97. The number of oxazole rings is 1. The Bertz CT molecular complexity index is 1570. The van der Waals surface area contributed by atoms with Gasteiger partial charge in [0.1, 0.15) is 11.2 Å². The van der Waals surface area contributed by atoms with Gasteiger partial charge in [0.15, 0.2) is 10.7 Å². The summed E-state index contributed by atoms with van der Waals surface area (Å²) in [4.78, 5) is 30.5. The number of halogens is 2. The number of anilines is 2. The molecule has 1 aliphatic rings. The number of nitro groups is 1. The van der Waals surface area contributed by atoms with E-state index in [-0.39, 0.29) is 16.4 Å². The number of nitro benzene ring substituents is 1. The lowest BCUT2D eigenvalue weighted by molar-refractivity contribution is -0.384. The number of fused-ring (bicyclic) bond motifs is 1.